The Bertz CT molecular complexity index is 1700. The minimum atomic E-state index is -1.31. The molecule has 0 amide bonds. The van der Waals surface area contributed by atoms with Gasteiger partial charge in [0, 0.05) is 6.54 Å². The number of hydrogen-bond donors (Lipinski definition) is 4. The van der Waals surface area contributed by atoms with E-state index in [9.17, 15) is 15.0 Å². The van der Waals surface area contributed by atoms with Crippen LogP contribution in [0.15, 0.2) is 67.0 Å². The Morgan fingerprint density at radius 3 is 2.53 bits per heavy atom. The standard InChI is InChI=1S/C30H34N10O5/c1-2-40-37-27(36-38-40)25-24(44-18-42)23(43)29(45-25)39-17-32-22-26(31-14-13-19-9-5-3-6-10-19)34-30(35-28(22)39)33-21(16-41)15-20-11-7-4-8-12-20/h3-12,17-18,21,23-25,29,41,43H,2,13-16H2,1H3,(H2,31,33,34,35)/t21-,23+,24-,25-,29+/m0/s1. The summed E-state index contributed by atoms with van der Waals surface area (Å²) in [6.45, 7) is 2.99. The largest absolute Gasteiger partial charge is 0.458 e. The molecule has 1 aliphatic rings. The summed E-state index contributed by atoms with van der Waals surface area (Å²) in [5.41, 5.74) is 3.00. The van der Waals surface area contributed by atoms with E-state index >= 15 is 0 Å². The van der Waals surface area contributed by atoms with Crippen molar-refractivity contribution >= 4 is 29.4 Å². The van der Waals surface area contributed by atoms with Crippen LogP contribution in [-0.4, -0.2) is 87.8 Å². The molecule has 1 saturated heterocycles. The number of aryl methyl sites for hydroxylation is 1. The van der Waals surface area contributed by atoms with E-state index < -0.39 is 24.5 Å². The van der Waals surface area contributed by atoms with Crippen LogP contribution < -0.4 is 10.6 Å². The van der Waals surface area contributed by atoms with Crippen molar-refractivity contribution < 1.29 is 24.5 Å². The summed E-state index contributed by atoms with van der Waals surface area (Å²) >= 11 is 0. The number of ether oxygens (including phenoxy) is 2. The number of carbonyl (C=O) groups is 1. The van der Waals surface area contributed by atoms with Crippen molar-refractivity contribution in [2.45, 2.75) is 56.9 Å². The maximum Gasteiger partial charge on any atom is 0.293 e. The van der Waals surface area contributed by atoms with E-state index in [0.717, 1.165) is 17.5 Å². The van der Waals surface area contributed by atoms with Gasteiger partial charge in [-0.2, -0.15) is 14.8 Å². The number of fused-ring (bicyclic) bond motifs is 1. The van der Waals surface area contributed by atoms with Crippen LogP contribution >= 0.6 is 0 Å². The second-order valence-electron chi connectivity index (χ2n) is 10.6. The van der Waals surface area contributed by atoms with Gasteiger partial charge in [0.1, 0.15) is 6.10 Å². The molecule has 5 aromatic rings. The van der Waals surface area contributed by atoms with Crippen molar-refractivity contribution in [3.63, 3.8) is 0 Å². The SMILES string of the molecule is CCn1nnc([C@H]2O[C@@H](n3cnc4c(NCCc5ccccc5)nc(N[C@H](CO)Cc5ccccc5)nc43)[C@H](O)[C@@H]2OC=O)n1. The lowest BCUT2D eigenvalue weighted by Crippen LogP contribution is -2.32. The van der Waals surface area contributed by atoms with E-state index in [1.165, 1.54) is 11.1 Å². The molecule has 4 N–H and O–H groups in total. The summed E-state index contributed by atoms with van der Waals surface area (Å²) in [5.74, 6) is 0.881. The molecule has 0 spiro atoms. The third kappa shape index (κ3) is 6.60. The van der Waals surface area contributed by atoms with E-state index in [-0.39, 0.29) is 30.9 Å². The van der Waals surface area contributed by atoms with Gasteiger partial charge in [-0.1, -0.05) is 60.7 Å². The third-order valence-corrected chi connectivity index (χ3v) is 7.55. The van der Waals surface area contributed by atoms with Gasteiger partial charge in [0.2, 0.25) is 11.8 Å². The fraction of sp³-hybridized carbons (Fsp3) is 0.367. The molecule has 0 bridgehead atoms. The minimum Gasteiger partial charge on any atom is -0.458 e. The zero-order valence-corrected chi connectivity index (χ0v) is 24.5. The number of aromatic nitrogens is 8. The molecule has 234 valence electrons. The number of rotatable bonds is 14. The Hall–Kier alpha value is -4.99. The molecular weight excluding hydrogens is 580 g/mol. The second kappa shape index (κ2) is 13.8. The average molecular weight is 615 g/mol. The summed E-state index contributed by atoms with van der Waals surface area (Å²) in [4.78, 5) is 26.8. The Morgan fingerprint density at radius 1 is 1.09 bits per heavy atom. The maximum atomic E-state index is 11.4. The highest BCUT2D eigenvalue weighted by Gasteiger charge is 2.49. The number of aliphatic hydroxyl groups is 2. The third-order valence-electron chi connectivity index (χ3n) is 7.55. The molecule has 0 saturated carbocycles. The number of hydrogen-bond acceptors (Lipinski definition) is 13. The molecule has 0 radical (unpaired) electrons. The van der Waals surface area contributed by atoms with Gasteiger partial charge in [0.05, 0.1) is 25.5 Å². The fourth-order valence-corrected chi connectivity index (χ4v) is 5.31. The highest BCUT2D eigenvalue weighted by molar-refractivity contribution is 5.84. The van der Waals surface area contributed by atoms with Gasteiger partial charge in [0.15, 0.2) is 35.4 Å². The van der Waals surface area contributed by atoms with Crippen LogP contribution in [0.25, 0.3) is 11.2 Å². The van der Waals surface area contributed by atoms with Crippen LogP contribution in [0.1, 0.15) is 36.2 Å². The summed E-state index contributed by atoms with van der Waals surface area (Å²) in [5, 5.41) is 40.4. The molecule has 6 rings (SSSR count). The van der Waals surface area contributed by atoms with Gasteiger partial charge in [-0.25, -0.2) is 4.98 Å². The molecule has 4 heterocycles. The first-order chi connectivity index (χ1) is 22.1. The van der Waals surface area contributed by atoms with Crippen LogP contribution in [0.3, 0.4) is 0 Å². The summed E-state index contributed by atoms with van der Waals surface area (Å²) in [6, 6.07) is 19.5. The number of benzene rings is 2. The van der Waals surface area contributed by atoms with Crippen molar-refractivity contribution in [2.75, 3.05) is 23.8 Å². The first kappa shape index (κ1) is 30.1. The van der Waals surface area contributed by atoms with Crippen LogP contribution in [-0.2, 0) is 33.7 Å². The van der Waals surface area contributed by atoms with Gasteiger partial charge in [-0.15, -0.1) is 10.2 Å². The van der Waals surface area contributed by atoms with Crippen molar-refractivity contribution in [1.29, 1.82) is 0 Å². The van der Waals surface area contributed by atoms with Crippen LogP contribution in [0.2, 0.25) is 0 Å². The topological polar surface area (TPSA) is 187 Å². The lowest BCUT2D eigenvalue weighted by molar-refractivity contribution is -0.140. The number of aliphatic hydroxyl groups excluding tert-OH is 2. The van der Waals surface area contributed by atoms with Crippen LogP contribution in [0, 0.1) is 0 Å². The normalized spacial score (nSPS) is 20.2. The molecule has 0 aliphatic carbocycles. The highest BCUT2D eigenvalue weighted by Crippen LogP contribution is 2.40. The number of tetrazole rings is 1. The molecule has 45 heavy (non-hydrogen) atoms. The highest BCUT2D eigenvalue weighted by atomic mass is 16.6. The zero-order valence-electron chi connectivity index (χ0n) is 24.5. The monoisotopic (exact) mass is 614 g/mol. The van der Waals surface area contributed by atoms with Crippen molar-refractivity contribution in [1.82, 2.24) is 39.7 Å². The first-order valence-electron chi connectivity index (χ1n) is 14.7. The molecule has 5 atom stereocenters. The van der Waals surface area contributed by atoms with E-state index in [4.69, 9.17) is 19.4 Å². The number of imidazole rings is 1. The van der Waals surface area contributed by atoms with Crippen molar-refractivity contribution in [3.05, 3.63) is 83.9 Å². The van der Waals surface area contributed by atoms with Crippen molar-refractivity contribution in [3.8, 4) is 0 Å². The van der Waals surface area contributed by atoms with Gasteiger partial charge in [-0.05, 0) is 36.1 Å². The number of carbonyl (C=O) groups excluding carboxylic acids is 1. The van der Waals surface area contributed by atoms with Crippen LogP contribution in [0.5, 0.6) is 0 Å². The Morgan fingerprint density at radius 2 is 1.84 bits per heavy atom. The Balaban J connectivity index is 1.33. The molecule has 15 heteroatoms. The van der Waals surface area contributed by atoms with Gasteiger partial charge in [-0.3, -0.25) is 9.36 Å². The van der Waals surface area contributed by atoms with Gasteiger partial charge >= 0.3 is 0 Å². The quantitative estimate of drug-likeness (QED) is 0.132. The molecule has 3 aromatic heterocycles. The number of nitrogens with one attached hydrogen (secondary N) is 2. The lowest BCUT2D eigenvalue weighted by Gasteiger charge is -2.19. The average Bonchev–Trinajstić information content (AvgIpc) is 3.80. The van der Waals surface area contributed by atoms with E-state index in [1.54, 1.807) is 4.57 Å². The second-order valence-corrected chi connectivity index (χ2v) is 10.6. The Kier molecular flexibility index (Phi) is 9.19. The van der Waals surface area contributed by atoms with E-state index in [1.807, 2.05) is 55.5 Å². The number of anilines is 2. The molecular formula is C30H34N10O5. The first-order valence-corrected chi connectivity index (χ1v) is 14.7. The number of nitrogens with zero attached hydrogens (tertiary/aromatic N) is 8. The fourth-order valence-electron chi connectivity index (χ4n) is 5.31. The molecule has 15 nitrogen and oxygen atoms in total. The summed E-state index contributed by atoms with van der Waals surface area (Å²) in [7, 11) is 0. The smallest absolute Gasteiger partial charge is 0.293 e. The predicted molar refractivity (Wildman–Crippen MR) is 162 cm³/mol. The maximum absolute atomic E-state index is 11.4. The molecule has 1 fully saturated rings. The molecule has 0 unspecified atom stereocenters. The molecule has 1 aliphatic heterocycles. The van der Waals surface area contributed by atoms with Crippen LogP contribution in [0.4, 0.5) is 11.8 Å². The zero-order chi connectivity index (χ0) is 31.2. The molecule has 2 aromatic carbocycles. The lowest BCUT2D eigenvalue weighted by atomic mass is 10.1. The van der Waals surface area contributed by atoms with Crippen molar-refractivity contribution in [2.24, 2.45) is 0 Å². The van der Waals surface area contributed by atoms with E-state index in [2.05, 4.69) is 43.2 Å². The minimum absolute atomic E-state index is 0.158. The Labute approximate surface area is 258 Å². The summed E-state index contributed by atoms with van der Waals surface area (Å²) in [6.07, 6.45) is -1.69. The summed E-state index contributed by atoms with van der Waals surface area (Å²) < 4.78 is 13.0. The van der Waals surface area contributed by atoms with E-state index in [0.29, 0.717) is 36.5 Å². The predicted octanol–water partition coefficient (Wildman–Crippen LogP) is 1.68. The van der Waals surface area contributed by atoms with Gasteiger partial charge in [0.25, 0.3) is 6.47 Å². The van der Waals surface area contributed by atoms with Gasteiger partial charge < -0.3 is 30.3 Å².